The van der Waals surface area contributed by atoms with Crippen molar-refractivity contribution in [3.63, 3.8) is 0 Å². The van der Waals surface area contributed by atoms with Crippen LogP contribution in [-0.2, 0) is 23.1 Å². The number of anilines is 1. The Kier molecular flexibility index (Phi) is 7.75. The van der Waals surface area contributed by atoms with Crippen molar-refractivity contribution < 1.29 is 17.9 Å². The molecule has 36 heavy (non-hydrogen) atoms. The summed E-state index contributed by atoms with van der Waals surface area (Å²) in [5.41, 5.74) is 3.26. The molecule has 0 spiro atoms. The number of nitrogens with one attached hydrogen (secondary N) is 2. The number of hydrogen-bond acceptors (Lipinski definition) is 9. The Morgan fingerprint density at radius 1 is 1.17 bits per heavy atom. The molecule has 190 valence electrons. The normalized spacial score (nSPS) is 13.4. The third kappa shape index (κ3) is 6.52. The smallest absolute Gasteiger partial charge is 0.270 e. The van der Waals surface area contributed by atoms with Crippen molar-refractivity contribution >= 4 is 21.6 Å². The molecule has 1 aliphatic carbocycles. The number of rotatable bonds is 11. The molecule has 0 unspecified atom stereocenters. The van der Waals surface area contributed by atoms with E-state index in [2.05, 4.69) is 30.0 Å². The molecule has 2 N–H and O–H groups in total. The average molecular weight is 512 g/mol. The van der Waals surface area contributed by atoms with E-state index in [-0.39, 0.29) is 23.4 Å². The van der Waals surface area contributed by atoms with Gasteiger partial charge in [-0.25, -0.2) is 13.4 Å². The molecule has 3 aromatic rings. The van der Waals surface area contributed by atoms with E-state index in [9.17, 15) is 13.2 Å². The summed E-state index contributed by atoms with van der Waals surface area (Å²) < 4.78 is 32.4. The summed E-state index contributed by atoms with van der Waals surface area (Å²) in [5, 5.41) is 2.50. The molecule has 0 aliphatic heterocycles. The zero-order chi connectivity index (χ0) is 25.7. The van der Waals surface area contributed by atoms with Gasteiger partial charge in [0, 0.05) is 24.5 Å². The van der Waals surface area contributed by atoms with E-state index in [0.29, 0.717) is 48.9 Å². The summed E-state index contributed by atoms with van der Waals surface area (Å²) in [6.07, 6.45) is 7.61. The maximum atomic E-state index is 13.0. The molecule has 11 nitrogen and oxygen atoms in total. The summed E-state index contributed by atoms with van der Waals surface area (Å²) in [4.78, 5) is 32.3. The van der Waals surface area contributed by atoms with Crippen LogP contribution in [0.25, 0.3) is 11.3 Å². The zero-order valence-electron chi connectivity index (χ0n) is 20.4. The fourth-order valence-electron chi connectivity index (χ4n) is 3.54. The number of nitrogens with zero attached hydrogens (tertiary/aromatic N) is 5. The zero-order valence-corrected chi connectivity index (χ0v) is 21.2. The SMILES string of the molecule is CCOc1cncc(-c2cnc(C(=O)NCc3cc(NS(=O)(=O)C4CC4)ccn3)c(CN(C)C)c2)n1. The molecule has 1 aliphatic rings. The molecule has 0 radical (unpaired) electrons. The lowest BCUT2D eigenvalue weighted by Crippen LogP contribution is -2.27. The van der Waals surface area contributed by atoms with Gasteiger partial charge in [-0.15, -0.1) is 0 Å². The predicted octanol–water partition coefficient (Wildman–Crippen LogP) is 2.23. The van der Waals surface area contributed by atoms with E-state index in [1.165, 1.54) is 6.20 Å². The van der Waals surface area contributed by atoms with E-state index in [0.717, 1.165) is 11.1 Å². The number of ether oxygens (including phenoxy) is 1. The lowest BCUT2D eigenvalue weighted by atomic mass is 10.1. The number of sulfonamides is 1. The van der Waals surface area contributed by atoms with Crippen LogP contribution in [0.2, 0.25) is 0 Å². The Labute approximate surface area is 210 Å². The molecular formula is C24H29N7O4S. The van der Waals surface area contributed by atoms with Gasteiger partial charge in [-0.05, 0) is 57.6 Å². The number of carbonyl (C=O) groups excluding carboxylic acids is 1. The molecule has 1 saturated carbocycles. The van der Waals surface area contributed by atoms with E-state index in [1.54, 1.807) is 30.7 Å². The summed E-state index contributed by atoms with van der Waals surface area (Å²) in [6, 6.07) is 5.07. The second kappa shape index (κ2) is 11.0. The molecule has 1 fully saturated rings. The standard InChI is InChI=1S/C24H29N7O4S/c1-4-35-22-14-25-13-21(29-22)16-9-17(15-31(2)3)23(27-11-16)24(32)28-12-19-10-18(7-8-26-19)30-36(33,34)20-5-6-20/h7-11,13-14,20H,4-6,12,15H2,1-3H3,(H,26,30)(H,28,32). The van der Waals surface area contributed by atoms with E-state index in [4.69, 9.17) is 4.74 Å². The molecule has 0 atom stereocenters. The first kappa shape index (κ1) is 25.5. The third-order valence-corrected chi connectivity index (χ3v) is 7.21. The highest BCUT2D eigenvalue weighted by Gasteiger charge is 2.35. The highest BCUT2D eigenvalue weighted by Crippen LogP contribution is 2.29. The maximum absolute atomic E-state index is 13.0. The Balaban J connectivity index is 1.50. The third-order valence-electron chi connectivity index (χ3n) is 5.34. The van der Waals surface area contributed by atoms with Crippen LogP contribution < -0.4 is 14.8 Å². The Morgan fingerprint density at radius 3 is 2.69 bits per heavy atom. The van der Waals surface area contributed by atoms with Crippen molar-refractivity contribution in [3.8, 4) is 17.1 Å². The minimum absolute atomic E-state index is 0.116. The van der Waals surface area contributed by atoms with Crippen LogP contribution in [0.4, 0.5) is 5.69 Å². The number of aromatic nitrogens is 4. The van der Waals surface area contributed by atoms with Gasteiger partial charge in [-0.1, -0.05) is 0 Å². The Morgan fingerprint density at radius 2 is 1.97 bits per heavy atom. The number of carbonyl (C=O) groups is 1. The first-order chi connectivity index (χ1) is 17.2. The molecule has 1 amide bonds. The van der Waals surface area contributed by atoms with Crippen LogP contribution in [0.3, 0.4) is 0 Å². The Bertz CT molecular complexity index is 1340. The van der Waals surface area contributed by atoms with E-state index >= 15 is 0 Å². The second-order valence-corrected chi connectivity index (χ2v) is 10.7. The van der Waals surface area contributed by atoms with Crippen molar-refractivity contribution in [1.82, 2.24) is 30.2 Å². The summed E-state index contributed by atoms with van der Waals surface area (Å²) in [7, 11) is 0.431. The molecular weight excluding hydrogens is 482 g/mol. The van der Waals surface area contributed by atoms with Crippen LogP contribution in [0, 0.1) is 0 Å². The molecule has 3 heterocycles. The van der Waals surface area contributed by atoms with Crippen LogP contribution in [0.15, 0.2) is 43.0 Å². The topological polar surface area (TPSA) is 139 Å². The monoisotopic (exact) mass is 511 g/mol. The molecule has 0 aromatic carbocycles. The maximum Gasteiger partial charge on any atom is 0.270 e. The minimum Gasteiger partial charge on any atom is -0.477 e. The number of hydrogen-bond donors (Lipinski definition) is 2. The molecule has 0 saturated heterocycles. The highest BCUT2D eigenvalue weighted by molar-refractivity contribution is 7.93. The van der Waals surface area contributed by atoms with Gasteiger partial charge < -0.3 is 15.0 Å². The van der Waals surface area contributed by atoms with Gasteiger partial charge in [0.1, 0.15) is 5.69 Å². The fourth-order valence-corrected chi connectivity index (χ4v) is 4.92. The summed E-state index contributed by atoms with van der Waals surface area (Å²) in [5.74, 6) is 0.0541. The van der Waals surface area contributed by atoms with Crippen LogP contribution >= 0.6 is 0 Å². The van der Waals surface area contributed by atoms with E-state index in [1.807, 2.05) is 32.0 Å². The van der Waals surface area contributed by atoms with Gasteiger partial charge in [0.05, 0.1) is 47.9 Å². The Hall–Kier alpha value is -3.64. The fraction of sp³-hybridized carbons (Fsp3) is 0.375. The van der Waals surface area contributed by atoms with Gasteiger partial charge in [-0.3, -0.25) is 24.5 Å². The van der Waals surface area contributed by atoms with Crippen molar-refractivity contribution in [1.29, 1.82) is 0 Å². The number of amides is 1. The van der Waals surface area contributed by atoms with Gasteiger partial charge >= 0.3 is 0 Å². The van der Waals surface area contributed by atoms with Crippen LogP contribution in [0.1, 0.15) is 41.5 Å². The van der Waals surface area contributed by atoms with Crippen molar-refractivity contribution in [3.05, 3.63) is 59.9 Å². The van der Waals surface area contributed by atoms with Gasteiger partial charge in [-0.2, -0.15) is 0 Å². The summed E-state index contributed by atoms with van der Waals surface area (Å²) in [6.45, 7) is 2.95. The first-order valence-electron chi connectivity index (χ1n) is 11.6. The molecule has 12 heteroatoms. The highest BCUT2D eigenvalue weighted by atomic mass is 32.2. The molecule has 4 rings (SSSR count). The quantitative estimate of drug-likeness (QED) is 0.397. The van der Waals surface area contributed by atoms with Crippen molar-refractivity contribution in [2.75, 3.05) is 25.4 Å². The molecule has 3 aromatic heterocycles. The first-order valence-corrected chi connectivity index (χ1v) is 13.1. The van der Waals surface area contributed by atoms with Crippen molar-refractivity contribution in [2.45, 2.75) is 38.1 Å². The lowest BCUT2D eigenvalue weighted by Gasteiger charge is -2.15. The second-order valence-electron chi connectivity index (χ2n) is 8.71. The average Bonchev–Trinajstić information content (AvgIpc) is 3.69. The lowest BCUT2D eigenvalue weighted by molar-refractivity contribution is 0.0943. The van der Waals surface area contributed by atoms with E-state index < -0.39 is 10.0 Å². The molecule has 0 bridgehead atoms. The van der Waals surface area contributed by atoms with Gasteiger partial charge in [0.15, 0.2) is 0 Å². The van der Waals surface area contributed by atoms with Crippen LogP contribution in [0.5, 0.6) is 5.88 Å². The summed E-state index contributed by atoms with van der Waals surface area (Å²) >= 11 is 0. The minimum atomic E-state index is -3.38. The van der Waals surface area contributed by atoms with Gasteiger partial charge in [0.2, 0.25) is 15.9 Å². The number of pyridine rings is 2. The van der Waals surface area contributed by atoms with Gasteiger partial charge in [0.25, 0.3) is 5.91 Å². The van der Waals surface area contributed by atoms with Crippen LogP contribution in [-0.4, -0.2) is 65.1 Å². The predicted molar refractivity (Wildman–Crippen MR) is 135 cm³/mol. The largest absolute Gasteiger partial charge is 0.477 e. The van der Waals surface area contributed by atoms with Crippen molar-refractivity contribution in [2.24, 2.45) is 0 Å².